The van der Waals surface area contributed by atoms with Gasteiger partial charge in [0.25, 0.3) is 0 Å². The largest absolute Gasteiger partial charge is 0.501 e. The van der Waals surface area contributed by atoms with Crippen LogP contribution >= 0.6 is 0 Å². The number of hydrogen-bond donors (Lipinski definition) is 0. The van der Waals surface area contributed by atoms with Crippen LogP contribution in [0.25, 0.3) is 55.6 Å². The summed E-state index contributed by atoms with van der Waals surface area (Å²) in [6.45, 7) is 25.4. The third-order valence-corrected chi connectivity index (χ3v) is 13.3. The number of rotatable bonds is 5. The maximum Gasteiger partial charge on any atom is 0.121 e. The van der Waals surface area contributed by atoms with Crippen LogP contribution in [0.1, 0.15) is 102 Å². The van der Waals surface area contributed by atoms with Crippen molar-refractivity contribution in [1.82, 2.24) is 9.97 Å². The van der Waals surface area contributed by atoms with Crippen molar-refractivity contribution in [2.75, 3.05) is 0 Å². The maximum absolute atomic E-state index is 6.61. The van der Waals surface area contributed by atoms with Crippen LogP contribution in [0.5, 0.6) is 0 Å². The Morgan fingerprint density at radius 3 is 2.09 bits per heavy atom. The fraction of sp³-hybridized carbons (Fsp3) is 0.346. The second kappa shape index (κ2) is 16.6. The Balaban J connectivity index is 0.000000233. The monoisotopic (exact) mass is 947 g/mol. The Kier molecular flexibility index (Phi) is 12.4. The first-order chi connectivity index (χ1) is 26.5. The molecule has 8 rings (SSSR count). The van der Waals surface area contributed by atoms with E-state index in [9.17, 15) is 0 Å². The van der Waals surface area contributed by atoms with Crippen molar-refractivity contribution in [3.8, 4) is 33.6 Å². The van der Waals surface area contributed by atoms with Crippen molar-refractivity contribution in [3.63, 3.8) is 0 Å². The summed E-state index contributed by atoms with van der Waals surface area (Å²) in [5, 5.41) is 3.74. The van der Waals surface area contributed by atoms with Crippen molar-refractivity contribution in [2.24, 2.45) is 0 Å². The summed E-state index contributed by atoms with van der Waals surface area (Å²) >= 11 is 0. The number of aryl methyl sites for hydroxylation is 1. The molecule has 4 aromatic carbocycles. The smallest absolute Gasteiger partial charge is 0.121 e. The van der Waals surface area contributed by atoms with Crippen LogP contribution in [0.3, 0.4) is 0 Å². The quantitative estimate of drug-likeness (QED) is 0.127. The van der Waals surface area contributed by atoms with Crippen molar-refractivity contribution in [3.05, 3.63) is 137 Å². The zero-order valence-corrected chi connectivity index (χ0v) is 39.2. The van der Waals surface area contributed by atoms with Gasteiger partial charge in [-0.15, -0.1) is 54.1 Å². The number of nitrogens with zero attached hydrogens (tertiary/aromatic N) is 2. The normalized spacial score (nSPS) is 13.3. The first-order valence-corrected chi connectivity index (χ1v) is 24.0. The van der Waals surface area contributed by atoms with E-state index in [-0.39, 0.29) is 30.9 Å². The summed E-state index contributed by atoms with van der Waals surface area (Å²) in [6.07, 6.45) is 8.72. The number of aromatic nitrogens is 2. The van der Waals surface area contributed by atoms with E-state index in [1.165, 1.54) is 57.0 Å². The Bertz CT molecular complexity index is 2480. The van der Waals surface area contributed by atoms with Crippen LogP contribution in [0.15, 0.2) is 102 Å². The molecular weight excluding hydrogens is 889 g/mol. The van der Waals surface area contributed by atoms with Gasteiger partial charge in [0.15, 0.2) is 0 Å². The fourth-order valence-corrected chi connectivity index (χ4v) is 9.59. The van der Waals surface area contributed by atoms with Crippen molar-refractivity contribution < 1.29 is 24.5 Å². The minimum atomic E-state index is -1.34. The molecule has 3 aromatic heterocycles. The second-order valence-corrected chi connectivity index (χ2v) is 24.1. The second-order valence-electron chi connectivity index (χ2n) is 19.0. The molecule has 0 spiro atoms. The first kappa shape index (κ1) is 42.5. The number of hydrogen-bond acceptors (Lipinski definition) is 3. The molecule has 7 aromatic rings. The van der Waals surface area contributed by atoms with E-state index in [4.69, 9.17) is 9.40 Å². The van der Waals surface area contributed by atoms with Gasteiger partial charge in [0.1, 0.15) is 5.58 Å². The summed E-state index contributed by atoms with van der Waals surface area (Å²) in [5.41, 5.74) is 15.5. The zero-order chi connectivity index (χ0) is 40.0. The summed E-state index contributed by atoms with van der Waals surface area (Å²) in [7, 11) is -1.34. The average molecular weight is 947 g/mol. The zero-order valence-electron chi connectivity index (χ0n) is 35.8. The van der Waals surface area contributed by atoms with Crippen molar-refractivity contribution in [1.29, 1.82) is 0 Å². The molecule has 0 unspecified atom stereocenters. The molecule has 0 saturated carbocycles. The van der Waals surface area contributed by atoms with Crippen LogP contribution in [0, 0.1) is 12.1 Å². The topological polar surface area (TPSA) is 38.9 Å². The van der Waals surface area contributed by atoms with Gasteiger partial charge >= 0.3 is 0 Å². The van der Waals surface area contributed by atoms with Crippen molar-refractivity contribution in [2.45, 2.75) is 117 Å². The van der Waals surface area contributed by atoms with Gasteiger partial charge < -0.3 is 14.4 Å². The molecule has 1 aliphatic rings. The molecule has 3 nitrogen and oxygen atoms in total. The van der Waals surface area contributed by atoms with Gasteiger partial charge in [-0.3, -0.25) is 0 Å². The van der Waals surface area contributed by atoms with Crippen molar-refractivity contribution >= 4 is 35.2 Å². The molecule has 5 heteroatoms. The molecule has 1 aliphatic carbocycles. The Morgan fingerprint density at radius 1 is 0.719 bits per heavy atom. The predicted molar refractivity (Wildman–Crippen MR) is 241 cm³/mol. The van der Waals surface area contributed by atoms with E-state index in [0.29, 0.717) is 5.92 Å². The van der Waals surface area contributed by atoms with Crippen LogP contribution in [0.4, 0.5) is 0 Å². The summed E-state index contributed by atoms with van der Waals surface area (Å²) in [5.74, 6) is 0.534. The number of fused-ring (bicyclic) bond motifs is 4. The Morgan fingerprint density at radius 2 is 1.44 bits per heavy atom. The van der Waals surface area contributed by atoms with Crippen LogP contribution in [0.2, 0.25) is 19.6 Å². The predicted octanol–water partition coefficient (Wildman–Crippen LogP) is 13.8. The van der Waals surface area contributed by atoms with E-state index < -0.39 is 8.07 Å². The molecule has 0 fully saturated rings. The molecule has 0 N–H and O–H groups in total. The SMILES string of the molecule is CC(C)(C)c1cc(-c2ccc3c(c2)oc2c(-c4nccc5c4CCCC5)[c-]ccc23)cc(C(C)(C)C)c1.CC(C)c1cc(-c2[c-]cccc2)ncc1[Si](C)(C)C.[Ir]. The molecule has 297 valence electrons. The fourth-order valence-electron chi connectivity index (χ4n) is 7.91. The first-order valence-electron chi connectivity index (χ1n) is 20.5. The minimum absolute atomic E-state index is 0. The van der Waals surface area contributed by atoms with Gasteiger partial charge in [-0.25, -0.2) is 0 Å². The van der Waals surface area contributed by atoms with E-state index in [0.717, 1.165) is 57.3 Å². The standard InChI is InChI=1S/C35H36NO.C17H22NSi.Ir/c1-34(2,3)25-18-24(19-26(21-25)35(4,5)6)23-14-15-28-29-12-9-13-30(33(29)37-31(28)20-23)32-27-11-8-7-10-22(27)16-17-36-32;1-13(2)15-11-16(14-9-7-6-8-10-14)18-12-17(15)19(3,4)5;/h9,12,14-21H,7-8,10-11H2,1-6H3;6-9,11-13H,1-5H3;/q2*-1;. The molecular formula is C52H58IrN2OSi-2. The summed E-state index contributed by atoms with van der Waals surface area (Å²) < 4.78 is 6.61. The molecule has 0 saturated heterocycles. The van der Waals surface area contributed by atoms with Gasteiger partial charge in [-0.1, -0.05) is 139 Å². The van der Waals surface area contributed by atoms with E-state index in [2.05, 4.69) is 159 Å². The molecule has 0 bridgehead atoms. The maximum atomic E-state index is 6.61. The van der Waals surface area contributed by atoms with E-state index >= 15 is 0 Å². The molecule has 0 atom stereocenters. The summed E-state index contributed by atoms with van der Waals surface area (Å²) in [6, 6.07) is 37.1. The van der Waals surface area contributed by atoms with Gasteiger partial charge in [0, 0.05) is 37.9 Å². The average Bonchev–Trinajstić information content (AvgIpc) is 3.55. The van der Waals surface area contributed by atoms with Gasteiger partial charge in [-0.2, -0.15) is 0 Å². The number of pyridine rings is 2. The third-order valence-electron chi connectivity index (χ3n) is 11.3. The molecule has 0 aliphatic heterocycles. The molecule has 57 heavy (non-hydrogen) atoms. The minimum Gasteiger partial charge on any atom is -0.501 e. The molecule has 3 heterocycles. The van der Waals surface area contributed by atoms with Gasteiger partial charge in [0.05, 0.1) is 13.7 Å². The third kappa shape index (κ3) is 9.12. The number of furan rings is 1. The van der Waals surface area contributed by atoms with Gasteiger partial charge in [0.2, 0.25) is 0 Å². The summed E-state index contributed by atoms with van der Waals surface area (Å²) in [4.78, 5) is 9.48. The van der Waals surface area contributed by atoms with E-state index in [1.54, 1.807) is 0 Å². The number of benzene rings is 4. The van der Waals surface area contributed by atoms with Gasteiger partial charge in [-0.05, 0) is 93.4 Å². The van der Waals surface area contributed by atoms with Crippen LogP contribution in [-0.4, -0.2) is 18.0 Å². The van der Waals surface area contributed by atoms with Crippen LogP contribution < -0.4 is 5.19 Å². The van der Waals surface area contributed by atoms with E-state index in [1.807, 2.05) is 30.5 Å². The Hall–Kier alpha value is -4.15. The van der Waals surface area contributed by atoms with Crippen LogP contribution in [-0.2, 0) is 43.8 Å². The molecule has 0 amide bonds. The Labute approximate surface area is 356 Å². The molecule has 1 radical (unpaired) electrons.